The van der Waals surface area contributed by atoms with Crippen LogP contribution in [0.3, 0.4) is 0 Å². The quantitative estimate of drug-likeness (QED) is 0.141. The van der Waals surface area contributed by atoms with Crippen molar-refractivity contribution in [2.24, 2.45) is 0 Å². The molecule has 0 fully saturated rings. The van der Waals surface area contributed by atoms with Gasteiger partial charge in [-0.3, -0.25) is 9.59 Å². The maximum atomic E-state index is 11.9. The van der Waals surface area contributed by atoms with Gasteiger partial charge in [0.05, 0.1) is 10.8 Å². The van der Waals surface area contributed by atoms with Crippen LogP contribution in [0, 0.1) is 13.8 Å². The molecule has 10 nitrogen and oxygen atoms in total. The molecule has 0 radical (unpaired) electrons. The number of carbonyl (C=O) groups excluding carboxylic acids is 2. The van der Waals surface area contributed by atoms with Crippen molar-refractivity contribution in [2.75, 3.05) is 0 Å². The summed E-state index contributed by atoms with van der Waals surface area (Å²) in [6.07, 6.45) is 8.49. The first-order chi connectivity index (χ1) is 18.1. The fourth-order valence-corrected chi connectivity index (χ4v) is 6.56. The van der Waals surface area contributed by atoms with E-state index in [9.17, 15) is 29.4 Å². The Kier molecular flexibility index (Phi) is 15.5. The molecule has 4 aromatic heterocycles. The number of nitrogens with zero attached hydrogens (tertiary/aromatic N) is 2. The summed E-state index contributed by atoms with van der Waals surface area (Å²) in [5.41, 5.74) is 1.02. The maximum absolute atomic E-state index is 11.9. The number of hydrogen-bond acceptors (Lipinski definition) is 10. The van der Waals surface area contributed by atoms with Crippen molar-refractivity contribution in [1.29, 1.82) is 0 Å². The third-order valence-corrected chi connectivity index (χ3v) is 8.69. The zero-order chi connectivity index (χ0) is 28.0. The zero-order valence-corrected chi connectivity index (χ0v) is 29.5. The third kappa shape index (κ3) is 8.81. The summed E-state index contributed by atoms with van der Waals surface area (Å²) < 4.78 is 0. The van der Waals surface area contributed by atoms with Crippen LogP contribution in [0.2, 0.25) is 0 Å². The largest absolute Gasteiger partial charge is 1.00 e. The number of hydrogen-bond donors (Lipinski definition) is 2. The number of nitrogens with one attached hydrogen (secondary N) is 2. The molecule has 0 amide bonds. The Bertz CT molecular complexity index is 1470. The summed E-state index contributed by atoms with van der Waals surface area (Å²) in [7, 11) is 0. The van der Waals surface area contributed by atoms with E-state index in [0.717, 1.165) is 72.2 Å². The van der Waals surface area contributed by atoms with Crippen molar-refractivity contribution in [2.45, 2.75) is 79.1 Å². The first-order valence-electron chi connectivity index (χ1n) is 12.6. The van der Waals surface area contributed by atoms with Gasteiger partial charge in [-0.15, -0.1) is 22.7 Å². The second kappa shape index (κ2) is 16.9. The van der Waals surface area contributed by atoms with Crippen LogP contribution in [0.25, 0.3) is 20.4 Å². The average Bonchev–Trinajstić information content (AvgIpc) is 3.36. The molecule has 40 heavy (non-hydrogen) atoms. The van der Waals surface area contributed by atoms with Crippen molar-refractivity contribution < 1.29 is 78.9 Å². The van der Waals surface area contributed by atoms with Gasteiger partial charge in [-0.2, -0.15) is 0 Å². The van der Waals surface area contributed by atoms with Crippen LogP contribution in [0.5, 0.6) is 0 Å². The normalized spacial score (nSPS) is 10.5. The number of aromatic carboxylic acids is 2. The van der Waals surface area contributed by atoms with Gasteiger partial charge in [-0.1, -0.05) is 39.5 Å². The molecule has 4 aromatic rings. The van der Waals surface area contributed by atoms with E-state index in [1.807, 2.05) is 13.8 Å². The number of aryl methyl sites for hydroxylation is 4. The Morgan fingerprint density at radius 1 is 0.700 bits per heavy atom. The summed E-state index contributed by atoms with van der Waals surface area (Å²) in [5.74, 6) is -3.73. The molecule has 0 saturated carbocycles. The Morgan fingerprint density at radius 2 is 1.05 bits per heavy atom. The number of carbonyl (C=O) groups is 2. The summed E-state index contributed by atoms with van der Waals surface area (Å²) in [6.45, 7) is 8.04. The second-order valence-corrected chi connectivity index (χ2v) is 11.1. The molecule has 0 aliphatic heterocycles. The Morgan fingerprint density at radius 3 is 1.35 bits per heavy atom. The summed E-state index contributed by atoms with van der Waals surface area (Å²) in [5, 5.41) is 22.5. The van der Waals surface area contributed by atoms with Crippen LogP contribution in [-0.2, 0) is 12.8 Å². The minimum atomic E-state index is -1.46. The minimum absolute atomic E-state index is 0. The molecule has 0 saturated heterocycles. The molecule has 0 bridgehead atoms. The number of aromatic amines is 2. The number of H-pyrrole nitrogens is 2. The monoisotopic (exact) mass is 604 g/mol. The van der Waals surface area contributed by atoms with Gasteiger partial charge in [0, 0.05) is 9.75 Å². The van der Waals surface area contributed by atoms with E-state index in [1.165, 1.54) is 22.7 Å². The van der Waals surface area contributed by atoms with E-state index in [4.69, 9.17) is 0 Å². The maximum Gasteiger partial charge on any atom is 1.00 e. The molecule has 0 unspecified atom stereocenters. The van der Waals surface area contributed by atoms with Gasteiger partial charge in [-0.25, -0.2) is 9.97 Å². The summed E-state index contributed by atoms with van der Waals surface area (Å²) in [4.78, 5) is 60.9. The van der Waals surface area contributed by atoms with Gasteiger partial charge >= 0.3 is 59.1 Å². The molecule has 4 heterocycles. The first-order valence-corrected chi connectivity index (χ1v) is 14.2. The van der Waals surface area contributed by atoms with Gasteiger partial charge < -0.3 is 29.8 Å². The number of aromatic nitrogens is 4. The van der Waals surface area contributed by atoms with Crippen molar-refractivity contribution in [3.05, 3.63) is 53.2 Å². The summed E-state index contributed by atoms with van der Waals surface area (Å²) in [6, 6.07) is 0. The number of rotatable bonds is 10. The van der Waals surface area contributed by atoms with Crippen molar-refractivity contribution in [3.8, 4) is 0 Å². The fourth-order valence-electron chi connectivity index (χ4n) is 4.12. The molecule has 14 heteroatoms. The van der Waals surface area contributed by atoms with Gasteiger partial charge in [0.1, 0.15) is 21.6 Å². The smallest absolute Gasteiger partial charge is 0.542 e. The molecular formula is C26H30N4Na2O6S2. The first kappa shape index (κ1) is 36.6. The summed E-state index contributed by atoms with van der Waals surface area (Å²) >= 11 is 2.80. The zero-order valence-electron chi connectivity index (χ0n) is 23.8. The molecule has 2 N–H and O–H groups in total. The van der Waals surface area contributed by atoms with Crippen molar-refractivity contribution in [1.82, 2.24) is 19.9 Å². The number of thiophene rings is 2. The molecule has 0 aliphatic carbocycles. The molecular weight excluding hydrogens is 574 g/mol. The van der Waals surface area contributed by atoms with Gasteiger partial charge in [0.2, 0.25) is 0 Å². The predicted octanol–water partition coefficient (Wildman–Crippen LogP) is -3.21. The van der Waals surface area contributed by atoms with E-state index in [1.54, 1.807) is 0 Å². The number of carboxylic acids is 2. The SMILES string of the molecule is CCCCCc1sc2nc(C(=O)[O-])[nH]c(=O)c2c1C.CCCCCc1sc2nc(C(=O)[O-])[nH]c(=O)c2c1C.[Na+].[Na+]. The predicted molar refractivity (Wildman–Crippen MR) is 145 cm³/mol. The van der Waals surface area contributed by atoms with Crippen LogP contribution < -0.4 is 80.4 Å². The van der Waals surface area contributed by atoms with Crippen LogP contribution in [-0.4, -0.2) is 31.9 Å². The van der Waals surface area contributed by atoms with E-state index in [0.29, 0.717) is 20.4 Å². The average molecular weight is 605 g/mol. The van der Waals surface area contributed by atoms with Crippen LogP contribution in [0.15, 0.2) is 9.59 Å². The molecule has 0 atom stereocenters. The molecule has 0 aliphatic rings. The standard InChI is InChI=1S/2C13H16N2O3S.2Na/c2*1-3-4-5-6-8-7(2)9-11(16)14-10(13(17)18)15-12(9)19-8;;/h2*3-6H2,1-2H3,(H,17,18)(H,14,15,16);;/q;;2*+1/p-2. The van der Waals surface area contributed by atoms with Crippen molar-refractivity contribution >= 4 is 55.0 Å². The van der Waals surface area contributed by atoms with E-state index < -0.39 is 34.7 Å². The molecule has 0 spiro atoms. The molecule has 0 aromatic carbocycles. The Balaban J connectivity index is 0.000000381. The number of carboxylic acid groups (broad SMARTS) is 2. The Labute approximate surface area is 283 Å². The topological polar surface area (TPSA) is 172 Å². The third-order valence-electron chi connectivity index (χ3n) is 6.20. The van der Waals surface area contributed by atoms with Crippen LogP contribution in [0.1, 0.15) is 94.5 Å². The number of fused-ring (bicyclic) bond motifs is 2. The van der Waals surface area contributed by atoms with Crippen LogP contribution >= 0.6 is 22.7 Å². The second-order valence-electron chi connectivity index (χ2n) is 8.98. The number of unbranched alkanes of at least 4 members (excludes halogenated alkanes) is 4. The van der Waals surface area contributed by atoms with Crippen LogP contribution in [0.4, 0.5) is 0 Å². The minimum Gasteiger partial charge on any atom is -0.542 e. The molecule has 4 rings (SSSR count). The van der Waals surface area contributed by atoms with Gasteiger partial charge in [-0.05, 0) is 50.7 Å². The van der Waals surface area contributed by atoms with Crippen molar-refractivity contribution in [3.63, 3.8) is 0 Å². The van der Waals surface area contributed by atoms with E-state index in [-0.39, 0.29) is 59.1 Å². The Hall–Kier alpha value is -1.38. The van der Waals surface area contributed by atoms with Gasteiger partial charge in [0.15, 0.2) is 11.6 Å². The fraction of sp³-hybridized carbons (Fsp3) is 0.462. The van der Waals surface area contributed by atoms with E-state index in [2.05, 4.69) is 33.8 Å². The van der Waals surface area contributed by atoms with Gasteiger partial charge in [0.25, 0.3) is 11.1 Å². The van der Waals surface area contributed by atoms with E-state index >= 15 is 0 Å². The molecule has 204 valence electrons.